The summed E-state index contributed by atoms with van der Waals surface area (Å²) in [7, 11) is 1.95. The summed E-state index contributed by atoms with van der Waals surface area (Å²) >= 11 is 0. The largest absolute Gasteiger partial charge is 0.508 e. The molecule has 1 saturated carbocycles. The Bertz CT molecular complexity index is 186. The first-order valence-electron chi connectivity index (χ1n) is 4.21. The first kappa shape index (κ1) is 7.86. The molecule has 4 heteroatoms. The van der Waals surface area contributed by atoms with Gasteiger partial charge in [-0.2, -0.15) is 0 Å². The minimum absolute atomic E-state index is 0.127. The third-order valence-corrected chi connectivity index (χ3v) is 2.76. The van der Waals surface area contributed by atoms with Crippen LogP contribution in [0.2, 0.25) is 0 Å². The van der Waals surface area contributed by atoms with Crippen molar-refractivity contribution in [1.29, 1.82) is 0 Å². The molecule has 0 atom stereocenters. The summed E-state index contributed by atoms with van der Waals surface area (Å²) in [5.41, 5.74) is 0.127. The molecule has 68 valence electrons. The van der Waals surface area contributed by atoms with E-state index in [1.54, 1.807) is 0 Å². The molecule has 2 rings (SSSR count). The fourth-order valence-corrected chi connectivity index (χ4v) is 1.93. The van der Waals surface area contributed by atoms with E-state index in [4.69, 9.17) is 9.47 Å². The number of carbonyl (C=O) groups excluding carboxylic acids is 1. The van der Waals surface area contributed by atoms with Crippen molar-refractivity contribution >= 4 is 6.16 Å². The SMILES string of the molecule is CNC1CC2(COC(=O)OC2)C1. The predicted molar refractivity (Wildman–Crippen MR) is 41.8 cm³/mol. The minimum Gasteiger partial charge on any atom is -0.434 e. The molecule has 0 aromatic rings. The van der Waals surface area contributed by atoms with Gasteiger partial charge in [-0.05, 0) is 19.9 Å². The maximum atomic E-state index is 10.6. The van der Waals surface area contributed by atoms with Crippen LogP contribution < -0.4 is 5.32 Å². The lowest BCUT2D eigenvalue weighted by molar-refractivity contribution is -0.104. The van der Waals surface area contributed by atoms with Crippen molar-refractivity contribution in [1.82, 2.24) is 5.32 Å². The van der Waals surface area contributed by atoms with E-state index in [0.717, 1.165) is 12.8 Å². The number of hydrogen-bond donors (Lipinski definition) is 1. The molecule has 0 bridgehead atoms. The summed E-state index contributed by atoms with van der Waals surface area (Å²) in [6.45, 7) is 1.06. The van der Waals surface area contributed by atoms with E-state index in [0.29, 0.717) is 19.3 Å². The van der Waals surface area contributed by atoms with Crippen molar-refractivity contribution in [2.75, 3.05) is 20.3 Å². The zero-order valence-corrected chi connectivity index (χ0v) is 7.13. The fourth-order valence-electron chi connectivity index (χ4n) is 1.93. The van der Waals surface area contributed by atoms with E-state index >= 15 is 0 Å². The molecule has 2 aliphatic rings. The van der Waals surface area contributed by atoms with E-state index in [-0.39, 0.29) is 5.41 Å². The highest BCUT2D eigenvalue weighted by Crippen LogP contribution is 2.43. The molecular formula is C8H13NO3. The van der Waals surface area contributed by atoms with Crippen LogP contribution in [-0.4, -0.2) is 32.5 Å². The third kappa shape index (κ3) is 1.16. The summed E-state index contributed by atoms with van der Waals surface area (Å²) in [5.74, 6) is 0. The van der Waals surface area contributed by atoms with Gasteiger partial charge in [0, 0.05) is 11.5 Å². The van der Waals surface area contributed by atoms with Crippen molar-refractivity contribution < 1.29 is 14.3 Å². The summed E-state index contributed by atoms with van der Waals surface area (Å²) in [4.78, 5) is 10.6. The molecule has 4 nitrogen and oxygen atoms in total. The maximum Gasteiger partial charge on any atom is 0.508 e. The Balaban J connectivity index is 1.87. The molecule has 1 N–H and O–H groups in total. The molecular weight excluding hydrogens is 158 g/mol. The highest BCUT2D eigenvalue weighted by atomic mass is 16.7. The summed E-state index contributed by atoms with van der Waals surface area (Å²) in [6, 6.07) is 0.574. The monoisotopic (exact) mass is 171 g/mol. The van der Waals surface area contributed by atoms with Crippen LogP contribution in [0.5, 0.6) is 0 Å². The van der Waals surface area contributed by atoms with Gasteiger partial charge < -0.3 is 14.8 Å². The van der Waals surface area contributed by atoms with Crippen molar-refractivity contribution in [2.24, 2.45) is 5.41 Å². The number of hydrogen-bond acceptors (Lipinski definition) is 4. The molecule has 1 aliphatic heterocycles. The Morgan fingerprint density at radius 3 is 2.50 bits per heavy atom. The third-order valence-electron chi connectivity index (χ3n) is 2.76. The van der Waals surface area contributed by atoms with Gasteiger partial charge in [0.25, 0.3) is 0 Å². The van der Waals surface area contributed by atoms with Crippen LogP contribution >= 0.6 is 0 Å². The van der Waals surface area contributed by atoms with Gasteiger partial charge in [0.1, 0.15) is 13.2 Å². The standard InChI is InChI=1S/C8H13NO3/c1-9-6-2-8(3-6)4-11-7(10)12-5-8/h6,9H,2-5H2,1H3. The van der Waals surface area contributed by atoms with Gasteiger partial charge in [-0.15, -0.1) is 0 Å². The quantitative estimate of drug-likeness (QED) is 0.584. The van der Waals surface area contributed by atoms with Crippen LogP contribution in [0.4, 0.5) is 4.79 Å². The van der Waals surface area contributed by atoms with Crippen molar-refractivity contribution in [2.45, 2.75) is 18.9 Å². The Morgan fingerprint density at radius 1 is 1.42 bits per heavy atom. The van der Waals surface area contributed by atoms with E-state index in [2.05, 4.69) is 5.32 Å². The average Bonchev–Trinajstić information content (AvgIpc) is 2.02. The molecule has 0 aromatic carbocycles. The molecule has 0 aromatic heterocycles. The number of carbonyl (C=O) groups is 1. The Morgan fingerprint density at radius 2 is 2.00 bits per heavy atom. The molecule has 1 spiro atoms. The lowest BCUT2D eigenvalue weighted by Gasteiger charge is -2.48. The van der Waals surface area contributed by atoms with Crippen LogP contribution in [0.15, 0.2) is 0 Å². The van der Waals surface area contributed by atoms with Crippen LogP contribution in [0.3, 0.4) is 0 Å². The molecule has 2 fully saturated rings. The van der Waals surface area contributed by atoms with Crippen molar-refractivity contribution in [3.05, 3.63) is 0 Å². The lowest BCUT2D eigenvalue weighted by atomic mass is 9.66. The molecule has 1 saturated heterocycles. The van der Waals surface area contributed by atoms with Crippen LogP contribution in [0.1, 0.15) is 12.8 Å². The van der Waals surface area contributed by atoms with E-state index in [1.165, 1.54) is 0 Å². The zero-order chi connectivity index (χ0) is 8.60. The Kier molecular flexibility index (Phi) is 1.72. The second kappa shape index (κ2) is 2.62. The first-order valence-corrected chi connectivity index (χ1v) is 4.21. The predicted octanol–water partition coefficient (Wildman–Crippen LogP) is 0.521. The highest BCUT2D eigenvalue weighted by Gasteiger charge is 2.48. The van der Waals surface area contributed by atoms with Gasteiger partial charge in [-0.1, -0.05) is 0 Å². The normalized spacial score (nSPS) is 27.6. The van der Waals surface area contributed by atoms with Crippen LogP contribution in [0, 0.1) is 5.41 Å². The van der Waals surface area contributed by atoms with Crippen LogP contribution in [-0.2, 0) is 9.47 Å². The van der Waals surface area contributed by atoms with Gasteiger partial charge in [-0.3, -0.25) is 0 Å². The molecule has 0 unspecified atom stereocenters. The second-order valence-electron chi connectivity index (χ2n) is 3.72. The van der Waals surface area contributed by atoms with E-state index < -0.39 is 6.16 Å². The van der Waals surface area contributed by atoms with Crippen molar-refractivity contribution in [3.8, 4) is 0 Å². The summed E-state index contributed by atoms with van der Waals surface area (Å²) in [6.07, 6.45) is 1.58. The number of nitrogens with one attached hydrogen (secondary N) is 1. The zero-order valence-electron chi connectivity index (χ0n) is 7.13. The topological polar surface area (TPSA) is 47.6 Å². The van der Waals surface area contributed by atoms with Gasteiger partial charge in [0.05, 0.1) is 0 Å². The Hall–Kier alpha value is -0.770. The fraction of sp³-hybridized carbons (Fsp3) is 0.875. The number of ether oxygens (including phenoxy) is 2. The summed E-state index contributed by atoms with van der Waals surface area (Å²) < 4.78 is 9.68. The lowest BCUT2D eigenvalue weighted by Crippen LogP contribution is -2.55. The van der Waals surface area contributed by atoms with Crippen molar-refractivity contribution in [3.63, 3.8) is 0 Å². The van der Waals surface area contributed by atoms with Gasteiger partial charge in [-0.25, -0.2) is 4.79 Å². The molecule has 0 radical (unpaired) electrons. The number of rotatable bonds is 1. The smallest absolute Gasteiger partial charge is 0.434 e. The molecule has 0 amide bonds. The van der Waals surface area contributed by atoms with Gasteiger partial charge >= 0.3 is 6.16 Å². The first-order chi connectivity index (χ1) is 5.74. The van der Waals surface area contributed by atoms with Crippen LogP contribution in [0.25, 0.3) is 0 Å². The molecule has 12 heavy (non-hydrogen) atoms. The summed E-state index contributed by atoms with van der Waals surface area (Å²) in [5, 5.41) is 3.19. The molecule has 1 aliphatic carbocycles. The van der Waals surface area contributed by atoms with E-state index in [1.807, 2.05) is 7.05 Å². The van der Waals surface area contributed by atoms with Gasteiger partial charge in [0.15, 0.2) is 0 Å². The van der Waals surface area contributed by atoms with E-state index in [9.17, 15) is 4.79 Å². The second-order valence-corrected chi connectivity index (χ2v) is 3.72. The highest BCUT2D eigenvalue weighted by molar-refractivity contribution is 5.60. The van der Waals surface area contributed by atoms with Gasteiger partial charge in [0.2, 0.25) is 0 Å². The number of cyclic esters (lactones) is 2. The maximum absolute atomic E-state index is 10.6. The Labute approximate surface area is 71.2 Å². The molecule has 1 heterocycles. The minimum atomic E-state index is -0.520. The average molecular weight is 171 g/mol.